The normalized spacial score (nSPS) is 23.5. The first-order valence-electron chi connectivity index (χ1n) is 4.25. The number of ether oxygens (including phenoxy) is 1. The van der Waals surface area contributed by atoms with Gasteiger partial charge in [0.15, 0.2) is 0 Å². The predicted octanol–water partition coefficient (Wildman–Crippen LogP) is 1.11. The van der Waals surface area contributed by atoms with E-state index < -0.39 is 6.17 Å². The van der Waals surface area contributed by atoms with Crippen molar-refractivity contribution in [1.82, 2.24) is 5.32 Å². The average molecular weight is 161 g/mol. The fourth-order valence-electron chi connectivity index (χ4n) is 1.23. The Morgan fingerprint density at radius 2 is 2.18 bits per heavy atom. The van der Waals surface area contributed by atoms with Crippen molar-refractivity contribution in [1.29, 1.82) is 0 Å². The summed E-state index contributed by atoms with van der Waals surface area (Å²) in [5.74, 6) is 0. The summed E-state index contributed by atoms with van der Waals surface area (Å²) in [6.45, 7) is 3.79. The van der Waals surface area contributed by atoms with Crippen LogP contribution in [0.2, 0.25) is 0 Å². The molecular formula is C8H16FNO. The molecule has 1 aliphatic heterocycles. The first-order valence-corrected chi connectivity index (χ1v) is 4.25. The molecule has 1 aliphatic rings. The first-order chi connectivity index (χ1) is 5.29. The van der Waals surface area contributed by atoms with Crippen LogP contribution in [0.5, 0.6) is 0 Å². The van der Waals surface area contributed by atoms with Gasteiger partial charge in [-0.1, -0.05) is 0 Å². The molecule has 0 aromatic rings. The van der Waals surface area contributed by atoms with E-state index in [1.165, 1.54) is 6.92 Å². The standard InChI is InChI=1S/C8H16FNO/c1-7(9)6-11-8-2-4-10-5-3-8/h7-8,10H,2-6H2,1H3/t7-/m0/s1. The molecule has 0 aromatic carbocycles. The van der Waals surface area contributed by atoms with Crippen molar-refractivity contribution in [3.8, 4) is 0 Å². The molecule has 1 atom stereocenters. The van der Waals surface area contributed by atoms with Gasteiger partial charge in [0.1, 0.15) is 6.17 Å². The maximum absolute atomic E-state index is 12.3. The molecule has 0 aliphatic carbocycles. The second-order valence-electron chi connectivity index (χ2n) is 3.06. The van der Waals surface area contributed by atoms with E-state index >= 15 is 0 Å². The fraction of sp³-hybridized carbons (Fsp3) is 1.00. The lowest BCUT2D eigenvalue weighted by Crippen LogP contribution is -2.33. The first kappa shape index (κ1) is 8.94. The van der Waals surface area contributed by atoms with Crippen LogP contribution < -0.4 is 5.32 Å². The third-order valence-corrected chi connectivity index (χ3v) is 1.85. The topological polar surface area (TPSA) is 21.3 Å². The molecule has 0 saturated carbocycles. The van der Waals surface area contributed by atoms with Crippen molar-refractivity contribution in [2.75, 3.05) is 19.7 Å². The smallest absolute Gasteiger partial charge is 0.121 e. The molecule has 1 saturated heterocycles. The van der Waals surface area contributed by atoms with Crippen LogP contribution in [0.4, 0.5) is 4.39 Å². The average Bonchev–Trinajstić information content (AvgIpc) is 2.03. The summed E-state index contributed by atoms with van der Waals surface area (Å²) in [6, 6.07) is 0. The number of piperidine rings is 1. The molecule has 0 radical (unpaired) electrons. The van der Waals surface area contributed by atoms with Crippen molar-refractivity contribution < 1.29 is 9.13 Å². The summed E-state index contributed by atoms with van der Waals surface area (Å²) < 4.78 is 17.6. The Morgan fingerprint density at radius 3 is 2.73 bits per heavy atom. The summed E-state index contributed by atoms with van der Waals surface area (Å²) in [4.78, 5) is 0. The Balaban J connectivity index is 2.05. The summed E-state index contributed by atoms with van der Waals surface area (Å²) >= 11 is 0. The number of halogens is 1. The van der Waals surface area contributed by atoms with Crippen LogP contribution in [0.1, 0.15) is 19.8 Å². The van der Waals surface area contributed by atoms with Gasteiger partial charge in [0.05, 0.1) is 12.7 Å². The van der Waals surface area contributed by atoms with Gasteiger partial charge in [0, 0.05) is 0 Å². The molecule has 0 aromatic heterocycles. The monoisotopic (exact) mass is 161 g/mol. The van der Waals surface area contributed by atoms with E-state index in [1.54, 1.807) is 0 Å². The van der Waals surface area contributed by atoms with Crippen molar-refractivity contribution >= 4 is 0 Å². The Kier molecular flexibility index (Phi) is 3.80. The molecule has 2 nitrogen and oxygen atoms in total. The molecule has 0 amide bonds. The minimum Gasteiger partial charge on any atom is -0.375 e. The third kappa shape index (κ3) is 3.68. The number of hydrogen-bond donors (Lipinski definition) is 1. The third-order valence-electron chi connectivity index (χ3n) is 1.85. The zero-order chi connectivity index (χ0) is 8.10. The minimum atomic E-state index is -0.829. The lowest BCUT2D eigenvalue weighted by atomic mass is 10.1. The van der Waals surface area contributed by atoms with E-state index in [9.17, 15) is 4.39 Å². The Labute approximate surface area is 67.1 Å². The molecule has 1 rings (SSSR count). The summed E-state index contributed by atoms with van der Waals surface area (Å²) in [5.41, 5.74) is 0. The second kappa shape index (κ2) is 4.67. The molecule has 66 valence electrons. The minimum absolute atomic E-state index is 0.255. The summed E-state index contributed by atoms with van der Waals surface area (Å²) in [5, 5.41) is 3.23. The fourth-order valence-corrected chi connectivity index (χ4v) is 1.23. The van der Waals surface area contributed by atoms with Crippen molar-refractivity contribution in [3.63, 3.8) is 0 Å². The number of alkyl halides is 1. The van der Waals surface area contributed by atoms with E-state index in [0.717, 1.165) is 25.9 Å². The highest BCUT2D eigenvalue weighted by Crippen LogP contribution is 2.07. The zero-order valence-electron chi connectivity index (χ0n) is 6.98. The molecule has 1 heterocycles. The van der Waals surface area contributed by atoms with Gasteiger partial charge in [-0.2, -0.15) is 0 Å². The Morgan fingerprint density at radius 1 is 1.55 bits per heavy atom. The zero-order valence-corrected chi connectivity index (χ0v) is 6.98. The lowest BCUT2D eigenvalue weighted by molar-refractivity contribution is 0.00707. The highest BCUT2D eigenvalue weighted by Gasteiger charge is 2.13. The Bertz CT molecular complexity index is 102. The van der Waals surface area contributed by atoms with Gasteiger partial charge in [-0.25, -0.2) is 4.39 Å². The van der Waals surface area contributed by atoms with Crippen molar-refractivity contribution in [2.24, 2.45) is 0 Å². The second-order valence-corrected chi connectivity index (χ2v) is 3.06. The molecule has 0 bridgehead atoms. The number of nitrogens with one attached hydrogen (secondary N) is 1. The van der Waals surface area contributed by atoms with Crippen LogP contribution in [-0.4, -0.2) is 32.0 Å². The van der Waals surface area contributed by atoms with Crippen LogP contribution in [0, 0.1) is 0 Å². The van der Waals surface area contributed by atoms with Crippen molar-refractivity contribution in [3.05, 3.63) is 0 Å². The maximum Gasteiger partial charge on any atom is 0.121 e. The molecular weight excluding hydrogens is 145 g/mol. The van der Waals surface area contributed by atoms with Gasteiger partial charge in [0.25, 0.3) is 0 Å². The van der Waals surface area contributed by atoms with Gasteiger partial charge >= 0.3 is 0 Å². The highest BCUT2D eigenvalue weighted by atomic mass is 19.1. The SMILES string of the molecule is C[C@H](F)COC1CCNCC1. The lowest BCUT2D eigenvalue weighted by Gasteiger charge is -2.23. The van der Waals surface area contributed by atoms with Crippen LogP contribution in [0.25, 0.3) is 0 Å². The van der Waals surface area contributed by atoms with Gasteiger partial charge in [-0.15, -0.1) is 0 Å². The highest BCUT2D eigenvalue weighted by molar-refractivity contribution is 4.68. The van der Waals surface area contributed by atoms with E-state index in [1.807, 2.05) is 0 Å². The summed E-state index contributed by atoms with van der Waals surface area (Å²) in [6.07, 6.45) is 1.50. The van der Waals surface area contributed by atoms with Crippen molar-refractivity contribution in [2.45, 2.75) is 32.0 Å². The van der Waals surface area contributed by atoms with Gasteiger partial charge in [-0.3, -0.25) is 0 Å². The van der Waals surface area contributed by atoms with Crippen LogP contribution >= 0.6 is 0 Å². The van der Waals surface area contributed by atoms with Gasteiger partial charge < -0.3 is 10.1 Å². The van der Waals surface area contributed by atoms with Gasteiger partial charge in [-0.05, 0) is 32.9 Å². The molecule has 11 heavy (non-hydrogen) atoms. The largest absolute Gasteiger partial charge is 0.375 e. The maximum atomic E-state index is 12.3. The Hall–Kier alpha value is -0.150. The van der Waals surface area contributed by atoms with Crippen LogP contribution in [0.15, 0.2) is 0 Å². The molecule has 3 heteroatoms. The summed E-state index contributed by atoms with van der Waals surface area (Å²) in [7, 11) is 0. The van der Waals surface area contributed by atoms with Crippen LogP contribution in [-0.2, 0) is 4.74 Å². The van der Waals surface area contributed by atoms with E-state index in [-0.39, 0.29) is 12.7 Å². The molecule has 0 spiro atoms. The van der Waals surface area contributed by atoms with E-state index in [4.69, 9.17) is 4.74 Å². The molecule has 0 unspecified atom stereocenters. The molecule has 1 N–H and O–H groups in total. The molecule has 1 fully saturated rings. The van der Waals surface area contributed by atoms with E-state index in [0.29, 0.717) is 0 Å². The van der Waals surface area contributed by atoms with Gasteiger partial charge in [0.2, 0.25) is 0 Å². The van der Waals surface area contributed by atoms with Crippen LogP contribution in [0.3, 0.4) is 0 Å². The quantitative estimate of drug-likeness (QED) is 0.669. The number of hydrogen-bond acceptors (Lipinski definition) is 2. The predicted molar refractivity (Wildman–Crippen MR) is 42.4 cm³/mol. The van der Waals surface area contributed by atoms with E-state index in [2.05, 4.69) is 5.32 Å². The number of rotatable bonds is 3.